The molecule has 1 aromatic rings. The van der Waals surface area contributed by atoms with Gasteiger partial charge in [-0.2, -0.15) is 5.26 Å². The van der Waals surface area contributed by atoms with Gasteiger partial charge in [-0.3, -0.25) is 0 Å². The van der Waals surface area contributed by atoms with Gasteiger partial charge in [0.05, 0.1) is 14.4 Å². The maximum absolute atomic E-state index is 12.9. The van der Waals surface area contributed by atoms with Gasteiger partial charge in [0.2, 0.25) is 0 Å². The van der Waals surface area contributed by atoms with Crippen LogP contribution in [0.3, 0.4) is 0 Å². The van der Waals surface area contributed by atoms with Crippen molar-refractivity contribution in [3.8, 4) is 6.07 Å². The third-order valence-corrected chi connectivity index (χ3v) is 1.29. The van der Waals surface area contributed by atoms with Crippen molar-refractivity contribution in [2.24, 2.45) is 0 Å². The molecule has 0 aromatic heterocycles. The van der Waals surface area contributed by atoms with Crippen LogP contribution in [-0.4, -0.2) is 11.7 Å². The lowest BCUT2D eigenvalue weighted by Gasteiger charge is -2.00. The molecular formula is C9H8FNO. The number of hydrogen-bond acceptors (Lipinski definition) is 2. The molecule has 62 valence electrons. The molecule has 0 radical (unpaired) electrons. The summed E-state index contributed by atoms with van der Waals surface area (Å²) in [5.41, 5.74) is -0.730. The number of nitriles is 1. The normalized spacial score (nSPS) is 16.8. The molecule has 0 spiro atoms. The lowest BCUT2D eigenvalue weighted by atomic mass is 10.1. The molecule has 1 aromatic carbocycles. The van der Waals surface area contributed by atoms with Gasteiger partial charge in [-0.05, 0) is 30.1 Å². The van der Waals surface area contributed by atoms with E-state index in [4.69, 9.17) is 15.9 Å². The van der Waals surface area contributed by atoms with Gasteiger partial charge in [0, 0.05) is 9.30 Å². The van der Waals surface area contributed by atoms with Crippen LogP contribution < -0.4 is 0 Å². The molecule has 0 unspecified atom stereocenters. The van der Waals surface area contributed by atoms with Gasteiger partial charge in [-0.1, -0.05) is 0 Å². The zero-order valence-electron chi connectivity index (χ0n) is 10.0. The largest absolute Gasteiger partial charge is 0.396 e. The molecule has 0 atom stereocenters. The summed E-state index contributed by atoms with van der Waals surface area (Å²) in [6.07, 6.45) is -2.86. The highest BCUT2D eigenvalue weighted by Gasteiger charge is 2.01. The first-order valence-electron chi connectivity index (χ1n) is 5.12. The van der Waals surface area contributed by atoms with Crippen molar-refractivity contribution in [1.29, 1.82) is 5.26 Å². The predicted octanol–water partition coefficient (Wildman–Crippen LogP) is 1.23. The number of hydrogen-bond donors (Lipinski definition) is 1. The highest BCUT2D eigenvalue weighted by atomic mass is 19.1. The molecule has 0 aliphatic carbocycles. The van der Waals surface area contributed by atoms with E-state index < -0.39 is 24.3 Å². The molecule has 3 heteroatoms. The van der Waals surface area contributed by atoms with E-state index in [-0.39, 0.29) is 5.56 Å². The number of halogens is 1. The second-order valence-electron chi connectivity index (χ2n) is 2.04. The number of benzene rings is 1. The van der Waals surface area contributed by atoms with E-state index in [0.29, 0.717) is 6.07 Å². The molecule has 1 N–H and O–H groups in total. The second kappa shape index (κ2) is 3.84. The molecule has 12 heavy (non-hydrogen) atoms. The first-order chi connectivity index (χ1) is 7.20. The highest BCUT2D eigenvalue weighted by Crippen LogP contribution is 2.10. The van der Waals surface area contributed by atoms with Crippen LogP contribution in [0.25, 0.3) is 0 Å². The van der Waals surface area contributed by atoms with Gasteiger partial charge in [-0.15, -0.1) is 0 Å². The van der Waals surface area contributed by atoms with Crippen molar-refractivity contribution in [3.63, 3.8) is 0 Å². The number of aliphatic hydroxyl groups is 1. The monoisotopic (exact) mass is 169 g/mol. The quantitative estimate of drug-likeness (QED) is 0.723. The minimum atomic E-state index is -3.20. The molecule has 0 saturated heterocycles. The number of rotatable bonds is 2. The molecule has 0 saturated carbocycles. The van der Waals surface area contributed by atoms with Gasteiger partial charge in [0.15, 0.2) is 0 Å². The van der Waals surface area contributed by atoms with E-state index in [2.05, 4.69) is 0 Å². The maximum atomic E-state index is 12.9. The van der Waals surface area contributed by atoms with Crippen molar-refractivity contribution in [3.05, 3.63) is 35.1 Å². The van der Waals surface area contributed by atoms with Crippen LogP contribution in [0.4, 0.5) is 4.39 Å². The van der Waals surface area contributed by atoms with Gasteiger partial charge < -0.3 is 5.11 Å². The average molecular weight is 169 g/mol. The van der Waals surface area contributed by atoms with E-state index >= 15 is 0 Å². The smallest absolute Gasteiger partial charge is 0.123 e. The number of nitrogens with zero attached hydrogens (tertiary/aromatic N) is 1. The Morgan fingerprint density at radius 3 is 3.00 bits per heavy atom. The van der Waals surface area contributed by atoms with Crippen LogP contribution >= 0.6 is 0 Å². The second-order valence-corrected chi connectivity index (χ2v) is 2.04. The molecule has 0 fully saturated rings. The SMILES string of the molecule is [2H]C([2H])(O)C([2H])([2H])c1cc(F)ccc1C#N. The fraction of sp³-hybridized carbons (Fsp3) is 0.222. The van der Waals surface area contributed by atoms with Crippen molar-refractivity contribution < 1.29 is 15.0 Å². The summed E-state index contributed by atoms with van der Waals surface area (Å²) in [5, 5.41) is 17.7. The Labute approximate surface area is 75.5 Å². The van der Waals surface area contributed by atoms with E-state index in [1.807, 2.05) is 0 Å². The number of aryl methyl sites for hydroxylation is 1. The molecule has 0 bridgehead atoms. The standard InChI is InChI=1S/C9H8FNO/c10-9-2-1-8(6-11)7(5-9)3-4-12/h1-2,5,12H,3-4H2/i3D2,4D2. The predicted molar refractivity (Wildman–Crippen MR) is 41.9 cm³/mol. The Bertz CT molecular complexity index is 450. The first-order valence-corrected chi connectivity index (χ1v) is 3.12. The van der Waals surface area contributed by atoms with Crippen molar-refractivity contribution in [2.75, 3.05) is 6.56 Å². The first kappa shape index (κ1) is 4.58. The molecule has 0 heterocycles. The van der Waals surface area contributed by atoms with Gasteiger partial charge in [0.25, 0.3) is 0 Å². The van der Waals surface area contributed by atoms with Crippen LogP contribution in [0, 0.1) is 17.1 Å². The third kappa shape index (κ3) is 1.80. The molecule has 0 aliphatic rings. The molecule has 0 amide bonds. The Kier molecular flexibility index (Phi) is 1.47. The minimum absolute atomic E-state index is 0.218. The fourth-order valence-electron chi connectivity index (χ4n) is 0.778. The highest BCUT2D eigenvalue weighted by molar-refractivity contribution is 5.37. The summed E-state index contributed by atoms with van der Waals surface area (Å²) in [7, 11) is 0. The van der Waals surface area contributed by atoms with E-state index in [1.54, 1.807) is 6.07 Å². The van der Waals surface area contributed by atoms with Gasteiger partial charge >= 0.3 is 0 Å². The Hall–Kier alpha value is -1.40. The van der Waals surface area contributed by atoms with E-state index in [9.17, 15) is 4.39 Å². The van der Waals surface area contributed by atoms with E-state index in [0.717, 1.165) is 12.1 Å². The summed E-state index contributed by atoms with van der Waals surface area (Å²) in [5.74, 6) is -0.804. The molecular weight excluding hydrogens is 157 g/mol. The van der Waals surface area contributed by atoms with Crippen LogP contribution in [0.2, 0.25) is 0 Å². The topological polar surface area (TPSA) is 44.0 Å². The summed E-state index contributed by atoms with van der Waals surface area (Å²) in [6.45, 7) is -3.20. The molecule has 2 nitrogen and oxygen atoms in total. The summed E-state index contributed by atoms with van der Waals surface area (Å²) in [6, 6.07) is 4.32. The molecule has 0 aliphatic heterocycles. The Morgan fingerprint density at radius 1 is 1.67 bits per heavy atom. The van der Waals surface area contributed by atoms with Crippen LogP contribution in [0.15, 0.2) is 18.2 Å². The summed E-state index contributed by atoms with van der Waals surface area (Å²) in [4.78, 5) is 0. The zero-order valence-corrected chi connectivity index (χ0v) is 6.00. The third-order valence-electron chi connectivity index (χ3n) is 1.29. The van der Waals surface area contributed by atoms with Crippen molar-refractivity contribution >= 4 is 0 Å². The minimum Gasteiger partial charge on any atom is -0.396 e. The van der Waals surface area contributed by atoms with Gasteiger partial charge in [0.1, 0.15) is 5.82 Å². The van der Waals surface area contributed by atoms with Crippen molar-refractivity contribution in [1.82, 2.24) is 0 Å². The Morgan fingerprint density at radius 2 is 2.42 bits per heavy atom. The molecule has 1 rings (SSSR count). The maximum Gasteiger partial charge on any atom is 0.123 e. The Balaban J connectivity index is 3.44. The van der Waals surface area contributed by atoms with E-state index in [1.165, 1.54) is 0 Å². The lowest BCUT2D eigenvalue weighted by Crippen LogP contribution is -1.95. The summed E-state index contributed by atoms with van der Waals surface area (Å²) < 4.78 is 41.5. The van der Waals surface area contributed by atoms with Crippen LogP contribution in [0.1, 0.15) is 16.6 Å². The lowest BCUT2D eigenvalue weighted by molar-refractivity contribution is 0.299. The fourth-order valence-corrected chi connectivity index (χ4v) is 0.778. The average Bonchev–Trinajstić information content (AvgIpc) is 2.16. The zero-order chi connectivity index (χ0) is 12.6. The van der Waals surface area contributed by atoms with Crippen LogP contribution in [-0.2, 0) is 6.37 Å². The van der Waals surface area contributed by atoms with Gasteiger partial charge in [-0.25, -0.2) is 4.39 Å². The van der Waals surface area contributed by atoms with Crippen LogP contribution in [0.5, 0.6) is 0 Å². The van der Waals surface area contributed by atoms with Crippen molar-refractivity contribution in [2.45, 2.75) is 6.37 Å². The summed E-state index contributed by atoms with van der Waals surface area (Å²) >= 11 is 0.